The highest BCUT2D eigenvalue weighted by Crippen LogP contribution is 2.18. The quantitative estimate of drug-likeness (QED) is 0.870. The van der Waals surface area contributed by atoms with Crippen LogP contribution in [0.15, 0.2) is 24.3 Å². The summed E-state index contributed by atoms with van der Waals surface area (Å²) in [4.78, 5) is 12.0. The SMILES string of the molecule is CC(C)(C)C(=O)NCc1ccccc1CS(=O)(=O)N1CCOCC1. The minimum atomic E-state index is -3.39. The van der Waals surface area contributed by atoms with Gasteiger partial charge in [0, 0.05) is 25.0 Å². The minimum absolute atomic E-state index is 0.0610. The van der Waals surface area contributed by atoms with E-state index < -0.39 is 15.4 Å². The van der Waals surface area contributed by atoms with Gasteiger partial charge in [0.15, 0.2) is 0 Å². The number of sulfonamides is 1. The van der Waals surface area contributed by atoms with Crippen LogP contribution in [0.1, 0.15) is 31.9 Å². The van der Waals surface area contributed by atoms with Crippen molar-refractivity contribution >= 4 is 15.9 Å². The molecule has 1 aliphatic heterocycles. The fourth-order valence-corrected chi connectivity index (χ4v) is 3.99. The number of morpholine rings is 1. The van der Waals surface area contributed by atoms with Crippen molar-refractivity contribution in [2.45, 2.75) is 33.1 Å². The number of nitrogens with zero attached hydrogens (tertiary/aromatic N) is 1. The van der Waals surface area contributed by atoms with E-state index in [0.717, 1.165) is 11.1 Å². The monoisotopic (exact) mass is 354 g/mol. The van der Waals surface area contributed by atoms with Crippen LogP contribution in [-0.4, -0.2) is 44.9 Å². The van der Waals surface area contributed by atoms with Crippen LogP contribution in [0.5, 0.6) is 0 Å². The van der Waals surface area contributed by atoms with Gasteiger partial charge in [-0.1, -0.05) is 45.0 Å². The first-order chi connectivity index (χ1) is 11.2. The maximum absolute atomic E-state index is 12.6. The predicted molar refractivity (Wildman–Crippen MR) is 92.8 cm³/mol. The van der Waals surface area contributed by atoms with Gasteiger partial charge in [-0.25, -0.2) is 8.42 Å². The molecular formula is C17H26N2O4S. The van der Waals surface area contributed by atoms with Gasteiger partial charge in [0.2, 0.25) is 15.9 Å². The van der Waals surface area contributed by atoms with E-state index in [4.69, 9.17) is 4.74 Å². The first-order valence-electron chi connectivity index (χ1n) is 8.11. The summed E-state index contributed by atoms with van der Waals surface area (Å²) in [5.41, 5.74) is 1.07. The maximum Gasteiger partial charge on any atom is 0.225 e. The molecule has 1 saturated heterocycles. The van der Waals surface area contributed by atoms with E-state index in [1.807, 2.05) is 39.0 Å². The van der Waals surface area contributed by atoms with Gasteiger partial charge in [0.05, 0.1) is 19.0 Å². The standard InChI is InChI=1S/C17H26N2O4S/c1-17(2,3)16(20)18-12-14-6-4-5-7-15(14)13-24(21,22)19-8-10-23-11-9-19/h4-7H,8-13H2,1-3H3,(H,18,20). The minimum Gasteiger partial charge on any atom is -0.379 e. The van der Waals surface area contributed by atoms with Crippen LogP contribution in [0, 0.1) is 5.41 Å². The molecular weight excluding hydrogens is 328 g/mol. The highest BCUT2D eigenvalue weighted by Gasteiger charge is 2.26. The summed E-state index contributed by atoms with van der Waals surface area (Å²) in [6.45, 7) is 7.51. The van der Waals surface area contributed by atoms with E-state index in [9.17, 15) is 13.2 Å². The highest BCUT2D eigenvalue weighted by molar-refractivity contribution is 7.88. The molecule has 1 fully saturated rings. The summed E-state index contributed by atoms with van der Waals surface area (Å²) in [6.07, 6.45) is 0. The molecule has 0 saturated carbocycles. The average molecular weight is 354 g/mol. The molecule has 0 atom stereocenters. The van der Waals surface area contributed by atoms with Crippen molar-refractivity contribution < 1.29 is 17.9 Å². The normalized spacial score (nSPS) is 16.8. The van der Waals surface area contributed by atoms with E-state index >= 15 is 0 Å². The zero-order valence-corrected chi connectivity index (χ0v) is 15.4. The predicted octanol–water partition coefficient (Wildman–Crippen LogP) is 1.51. The lowest BCUT2D eigenvalue weighted by Crippen LogP contribution is -2.41. The van der Waals surface area contributed by atoms with Gasteiger partial charge in [-0.3, -0.25) is 4.79 Å². The Morgan fingerprint density at radius 1 is 1.17 bits per heavy atom. The third-order valence-corrected chi connectivity index (χ3v) is 5.77. The van der Waals surface area contributed by atoms with Crippen molar-refractivity contribution in [3.05, 3.63) is 35.4 Å². The second-order valence-corrected chi connectivity index (χ2v) is 8.94. The second kappa shape index (κ2) is 7.63. The van der Waals surface area contributed by atoms with Crippen LogP contribution in [0.25, 0.3) is 0 Å². The van der Waals surface area contributed by atoms with Crippen LogP contribution < -0.4 is 5.32 Å². The lowest BCUT2D eigenvalue weighted by molar-refractivity contribution is -0.128. The molecule has 2 rings (SSSR count). The number of rotatable bonds is 5. The number of nitrogens with one attached hydrogen (secondary N) is 1. The van der Waals surface area contributed by atoms with Gasteiger partial charge in [-0.2, -0.15) is 4.31 Å². The molecule has 134 valence electrons. The number of carbonyl (C=O) groups is 1. The number of ether oxygens (including phenoxy) is 1. The molecule has 0 spiro atoms. The van der Waals surface area contributed by atoms with Crippen molar-refractivity contribution in [1.29, 1.82) is 0 Å². The lowest BCUT2D eigenvalue weighted by atomic mass is 9.95. The number of hydrogen-bond acceptors (Lipinski definition) is 4. The first kappa shape index (κ1) is 18.9. The molecule has 0 radical (unpaired) electrons. The van der Waals surface area contributed by atoms with Crippen molar-refractivity contribution in [2.75, 3.05) is 26.3 Å². The van der Waals surface area contributed by atoms with Crippen molar-refractivity contribution in [3.63, 3.8) is 0 Å². The summed E-state index contributed by atoms with van der Waals surface area (Å²) in [6, 6.07) is 7.33. The highest BCUT2D eigenvalue weighted by atomic mass is 32.2. The van der Waals surface area contributed by atoms with E-state index in [1.165, 1.54) is 4.31 Å². The van der Waals surface area contributed by atoms with Gasteiger partial charge in [0.1, 0.15) is 0 Å². The van der Waals surface area contributed by atoms with Gasteiger partial charge in [-0.05, 0) is 11.1 Å². The second-order valence-electron chi connectivity index (χ2n) is 6.97. The van der Waals surface area contributed by atoms with E-state index in [-0.39, 0.29) is 11.7 Å². The van der Waals surface area contributed by atoms with E-state index in [0.29, 0.717) is 32.8 Å². The van der Waals surface area contributed by atoms with Crippen molar-refractivity contribution in [2.24, 2.45) is 5.41 Å². The Hall–Kier alpha value is -1.44. The average Bonchev–Trinajstić information content (AvgIpc) is 2.53. The fraction of sp³-hybridized carbons (Fsp3) is 0.588. The van der Waals surface area contributed by atoms with Crippen LogP contribution >= 0.6 is 0 Å². The smallest absolute Gasteiger partial charge is 0.225 e. The Morgan fingerprint density at radius 2 is 1.75 bits per heavy atom. The van der Waals surface area contributed by atoms with E-state index in [1.54, 1.807) is 6.07 Å². The first-order valence-corrected chi connectivity index (χ1v) is 9.72. The maximum atomic E-state index is 12.6. The zero-order valence-electron chi connectivity index (χ0n) is 14.5. The van der Waals surface area contributed by atoms with Crippen LogP contribution in [0.3, 0.4) is 0 Å². The molecule has 0 aliphatic carbocycles. The molecule has 6 nitrogen and oxygen atoms in total. The Kier molecular flexibility index (Phi) is 6.01. The van der Waals surface area contributed by atoms with Crippen molar-refractivity contribution in [3.8, 4) is 0 Å². The molecule has 24 heavy (non-hydrogen) atoms. The molecule has 1 heterocycles. The molecule has 0 aromatic heterocycles. The Labute approximate surface area is 144 Å². The van der Waals surface area contributed by atoms with Gasteiger partial charge < -0.3 is 10.1 Å². The topological polar surface area (TPSA) is 75.7 Å². The van der Waals surface area contributed by atoms with Gasteiger partial charge in [-0.15, -0.1) is 0 Å². The van der Waals surface area contributed by atoms with E-state index in [2.05, 4.69) is 5.32 Å². The van der Waals surface area contributed by atoms with Crippen LogP contribution in [0.4, 0.5) is 0 Å². The lowest BCUT2D eigenvalue weighted by Gasteiger charge is -2.26. The Balaban J connectivity index is 2.09. The number of carbonyl (C=O) groups excluding carboxylic acids is 1. The third kappa shape index (κ3) is 5.03. The molecule has 7 heteroatoms. The van der Waals surface area contributed by atoms with Gasteiger partial charge >= 0.3 is 0 Å². The molecule has 1 N–H and O–H groups in total. The number of benzene rings is 1. The number of amides is 1. The summed E-state index contributed by atoms with van der Waals surface area (Å²) < 4.78 is 31.9. The van der Waals surface area contributed by atoms with Crippen LogP contribution in [-0.2, 0) is 31.9 Å². The summed E-state index contributed by atoms with van der Waals surface area (Å²) in [7, 11) is -3.39. The Bertz CT molecular complexity index is 674. The zero-order chi connectivity index (χ0) is 17.8. The summed E-state index contributed by atoms with van der Waals surface area (Å²) >= 11 is 0. The molecule has 0 unspecified atom stereocenters. The molecule has 1 aliphatic rings. The summed E-state index contributed by atoms with van der Waals surface area (Å²) in [5, 5.41) is 2.88. The Morgan fingerprint density at radius 3 is 2.33 bits per heavy atom. The molecule has 1 aromatic rings. The molecule has 1 amide bonds. The fourth-order valence-electron chi connectivity index (χ4n) is 2.42. The van der Waals surface area contributed by atoms with Gasteiger partial charge in [0.25, 0.3) is 0 Å². The van der Waals surface area contributed by atoms with Crippen LogP contribution in [0.2, 0.25) is 0 Å². The molecule has 1 aromatic carbocycles. The number of hydrogen-bond donors (Lipinski definition) is 1. The summed E-state index contributed by atoms with van der Waals surface area (Å²) in [5.74, 6) is -0.123. The largest absolute Gasteiger partial charge is 0.379 e. The third-order valence-electron chi connectivity index (χ3n) is 3.94. The molecule has 0 bridgehead atoms. The van der Waals surface area contributed by atoms with Crippen molar-refractivity contribution in [1.82, 2.24) is 9.62 Å².